The lowest BCUT2D eigenvalue weighted by Crippen LogP contribution is -2.35. The predicted molar refractivity (Wildman–Crippen MR) is 69.7 cm³/mol. The third-order valence-electron chi connectivity index (χ3n) is 3.35. The molecule has 1 heterocycles. The van der Waals surface area contributed by atoms with E-state index in [9.17, 15) is 0 Å². The van der Waals surface area contributed by atoms with Gasteiger partial charge in [-0.25, -0.2) is 0 Å². The molecular weight excluding hydrogens is 198 g/mol. The third kappa shape index (κ3) is 5.13. The molecule has 1 N–H and O–H groups in total. The standard InChI is InChI=1S/C14H27NO/c1-4-12(3)10-13(15-5-2)11-14-8-6-7-9-16-14/h13-15H,3-11H2,1-2H3. The summed E-state index contributed by atoms with van der Waals surface area (Å²) in [6.07, 6.45) is 7.62. The van der Waals surface area contributed by atoms with E-state index in [0.29, 0.717) is 12.1 Å². The van der Waals surface area contributed by atoms with Crippen LogP contribution in [0.4, 0.5) is 0 Å². The molecule has 1 fully saturated rings. The van der Waals surface area contributed by atoms with Crippen LogP contribution in [0.25, 0.3) is 0 Å². The van der Waals surface area contributed by atoms with Gasteiger partial charge < -0.3 is 10.1 Å². The van der Waals surface area contributed by atoms with E-state index in [4.69, 9.17) is 4.74 Å². The molecule has 0 saturated carbocycles. The summed E-state index contributed by atoms with van der Waals surface area (Å²) in [7, 11) is 0. The first-order valence-electron chi connectivity index (χ1n) is 6.77. The molecule has 94 valence electrons. The Bertz CT molecular complexity index is 197. The molecule has 2 unspecified atom stereocenters. The van der Waals surface area contributed by atoms with Gasteiger partial charge in [-0.3, -0.25) is 0 Å². The van der Waals surface area contributed by atoms with Crippen molar-refractivity contribution < 1.29 is 4.74 Å². The molecule has 0 aromatic rings. The third-order valence-corrected chi connectivity index (χ3v) is 3.35. The molecular formula is C14H27NO. The van der Waals surface area contributed by atoms with Crippen LogP contribution in [0.1, 0.15) is 52.4 Å². The molecule has 2 heteroatoms. The molecule has 0 spiro atoms. The molecule has 0 amide bonds. The summed E-state index contributed by atoms with van der Waals surface area (Å²) in [5, 5.41) is 3.55. The topological polar surface area (TPSA) is 21.3 Å². The van der Waals surface area contributed by atoms with Crippen molar-refractivity contribution in [2.75, 3.05) is 13.2 Å². The highest BCUT2D eigenvalue weighted by molar-refractivity contribution is 4.97. The Labute approximate surface area is 100 Å². The monoisotopic (exact) mass is 225 g/mol. The van der Waals surface area contributed by atoms with Crippen molar-refractivity contribution in [1.82, 2.24) is 5.32 Å². The molecule has 1 rings (SSSR count). The number of nitrogens with one attached hydrogen (secondary N) is 1. The molecule has 1 saturated heterocycles. The highest BCUT2D eigenvalue weighted by Crippen LogP contribution is 2.20. The van der Waals surface area contributed by atoms with E-state index in [2.05, 4.69) is 25.7 Å². The Kier molecular flexibility index (Phi) is 6.74. The molecule has 2 atom stereocenters. The minimum absolute atomic E-state index is 0.474. The van der Waals surface area contributed by atoms with Crippen molar-refractivity contribution in [2.45, 2.75) is 64.5 Å². The van der Waals surface area contributed by atoms with Gasteiger partial charge in [0.1, 0.15) is 0 Å². The molecule has 2 nitrogen and oxygen atoms in total. The predicted octanol–water partition coefficient (Wildman–Crippen LogP) is 3.28. The van der Waals surface area contributed by atoms with Gasteiger partial charge in [0, 0.05) is 12.6 Å². The van der Waals surface area contributed by atoms with Gasteiger partial charge in [0.15, 0.2) is 0 Å². The summed E-state index contributed by atoms with van der Waals surface area (Å²) in [6, 6.07) is 0.556. The minimum atomic E-state index is 0.474. The molecule has 16 heavy (non-hydrogen) atoms. The fourth-order valence-electron chi connectivity index (χ4n) is 2.33. The normalized spacial score (nSPS) is 23.0. The average molecular weight is 225 g/mol. The summed E-state index contributed by atoms with van der Waals surface area (Å²) >= 11 is 0. The average Bonchev–Trinajstić information content (AvgIpc) is 2.30. The van der Waals surface area contributed by atoms with E-state index in [-0.39, 0.29) is 0 Å². The Morgan fingerprint density at radius 2 is 2.25 bits per heavy atom. The lowest BCUT2D eigenvalue weighted by molar-refractivity contribution is 0.00533. The van der Waals surface area contributed by atoms with Crippen LogP contribution in [0.15, 0.2) is 12.2 Å². The maximum absolute atomic E-state index is 5.80. The van der Waals surface area contributed by atoms with Crippen molar-refractivity contribution in [3.8, 4) is 0 Å². The van der Waals surface area contributed by atoms with Crippen LogP contribution in [0.3, 0.4) is 0 Å². The van der Waals surface area contributed by atoms with E-state index in [1.165, 1.54) is 24.8 Å². The van der Waals surface area contributed by atoms with E-state index in [1.807, 2.05) is 0 Å². The lowest BCUT2D eigenvalue weighted by atomic mass is 9.96. The summed E-state index contributed by atoms with van der Waals surface area (Å²) in [4.78, 5) is 0. The number of ether oxygens (including phenoxy) is 1. The van der Waals surface area contributed by atoms with Crippen molar-refractivity contribution in [3.63, 3.8) is 0 Å². The van der Waals surface area contributed by atoms with Crippen LogP contribution in [0.2, 0.25) is 0 Å². The fraction of sp³-hybridized carbons (Fsp3) is 0.857. The first-order chi connectivity index (χ1) is 7.76. The summed E-state index contributed by atoms with van der Waals surface area (Å²) in [6.45, 7) is 10.5. The Hall–Kier alpha value is -0.340. The molecule has 0 aliphatic carbocycles. The Balaban J connectivity index is 2.33. The fourth-order valence-corrected chi connectivity index (χ4v) is 2.33. The van der Waals surface area contributed by atoms with Crippen LogP contribution in [0, 0.1) is 0 Å². The smallest absolute Gasteiger partial charge is 0.0590 e. The SMILES string of the molecule is C=C(CC)CC(CC1CCCCO1)NCC. The van der Waals surface area contributed by atoms with Crippen molar-refractivity contribution in [3.05, 3.63) is 12.2 Å². The van der Waals surface area contributed by atoms with E-state index in [0.717, 1.165) is 32.4 Å². The zero-order chi connectivity index (χ0) is 11.8. The molecule has 0 aromatic heterocycles. The second-order valence-electron chi connectivity index (χ2n) is 4.79. The first-order valence-corrected chi connectivity index (χ1v) is 6.77. The van der Waals surface area contributed by atoms with Crippen LogP contribution in [0.5, 0.6) is 0 Å². The van der Waals surface area contributed by atoms with Gasteiger partial charge in [-0.2, -0.15) is 0 Å². The summed E-state index contributed by atoms with van der Waals surface area (Å²) in [5.74, 6) is 0. The van der Waals surface area contributed by atoms with Crippen LogP contribution in [-0.2, 0) is 4.74 Å². The quantitative estimate of drug-likeness (QED) is 0.671. The molecule has 1 aliphatic rings. The highest BCUT2D eigenvalue weighted by atomic mass is 16.5. The molecule has 0 bridgehead atoms. The van der Waals surface area contributed by atoms with Gasteiger partial charge >= 0.3 is 0 Å². The molecule has 0 radical (unpaired) electrons. The maximum Gasteiger partial charge on any atom is 0.0590 e. The largest absolute Gasteiger partial charge is 0.378 e. The van der Waals surface area contributed by atoms with Gasteiger partial charge in [0.05, 0.1) is 6.10 Å². The van der Waals surface area contributed by atoms with E-state index < -0.39 is 0 Å². The van der Waals surface area contributed by atoms with Crippen LogP contribution < -0.4 is 5.32 Å². The van der Waals surface area contributed by atoms with Gasteiger partial charge in [-0.1, -0.05) is 26.0 Å². The van der Waals surface area contributed by atoms with Gasteiger partial charge in [-0.05, 0) is 45.1 Å². The zero-order valence-corrected chi connectivity index (χ0v) is 10.9. The van der Waals surface area contributed by atoms with Gasteiger partial charge in [0.2, 0.25) is 0 Å². The van der Waals surface area contributed by atoms with E-state index in [1.54, 1.807) is 0 Å². The van der Waals surface area contributed by atoms with Gasteiger partial charge in [0.25, 0.3) is 0 Å². The molecule has 0 aromatic carbocycles. The first kappa shape index (κ1) is 13.7. The van der Waals surface area contributed by atoms with Crippen LogP contribution in [-0.4, -0.2) is 25.3 Å². The highest BCUT2D eigenvalue weighted by Gasteiger charge is 2.19. The zero-order valence-electron chi connectivity index (χ0n) is 10.9. The second kappa shape index (κ2) is 7.86. The molecule has 1 aliphatic heterocycles. The summed E-state index contributed by atoms with van der Waals surface area (Å²) in [5.41, 5.74) is 1.35. The maximum atomic E-state index is 5.80. The Morgan fingerprint density at radius 3 is 2.81 bits per heavy atom. The van der Waals surface area contributed by atoms with Crippen molar-refractivity contribution >= 4 is 0 Å². The van der Waals surface area contributed by atoms with Crippen LogP contribution >= 0.6 is 0 Å². The number of hydrogen-bond donors (Lipinski definition) is 1. The van der Waals surface area contributed by atoms with Gasteiger partial charge in [-0.15, -0.1) is 0 Å². The van der Waals surface area contributed by atoms with Crippen molar-refractivity contribution in [1.29, 1.82) is 0 Å². The lowest BCUT2D eigenvalue weighted by Gasteiger charge is -2.27. The Morgan fingerprint density at radius 1 is 1.44 bits per heavy atom. The summed E-state index contributed by atoms with van der Waals surface area (Å²) < 4.78 is 5.80. The van der Waals surface area contributed by atoms with E-state index >= 15 is 0 Å². The number of rotatable bonds is 7. The number of hydrogen-bond acceptors (Lipinski definition) is 2. The minimum Gasteiger partial charge on any atom is -0.378 e. The second-order valence-corrected chi connectivity index (χ2v) is 4.79. The van der Waals surface area contributed by atoms with Crippen molar-refractivity contribution in [2.24, 2.45) is 0 Å².